The van der Waals surface area contributed by atoms with E-state index >= 15 is 0 Å². The summed E-state index contributed by atoms with van der Waals surface area (Å²) in [6.45, 7) is 0. The highest BCUT2D eigenvalue weighted by molar-refractivity contribution is 7.11. The summed E-state index contributed by atoms with van der Waals surface area (Å²) < 4.78 is 44.0. The third kappa shape index (κ3) is 3.60. The Bertz CT molecular complexity index is 926. The van der Waals surface area contributed by atoms with Gasteiger partial charge in [0.15, 0.2) is 5.76 Å². The van der Waals surface area contributed by atoms with Crippen LogP contribution in [0.3, 0.4) is 0 Å². The van der Waals surface area contributed by atoms with Crippen LogP contribution in [-0.2, 0) is 6.18 Å². The predicted molar refractivity (Wildman–Crippen MR) is 88.8 cm³/mol. The Morgan fingerprint density at radius 3 is 2.68 bits per heavy atom. The van der Waals surface area contributed by atoms with Gasteiger partial charge in [0.2, 0.25) is 0 Å². The first-order chi connectivity index (χ1) is 11.5. The fraction of sp³-hybridized carbons (Fsp3) is 0.278. The molecule has 0 radical (unpaired) electrons. The molecule has 0 aliphatic heterocycles. The third-order valence-electron chi connectivity index (χ3n) is 4.17. The van der Waals surface area contributed by atoms with Crippen molar-refractivity contribution in [3.8, 4) is 11.5 Å². The summed E-state index contributed by atoms with van der Waals surface area (Å²) in [4.78, 5) is 4.60. The summed E-state index contributed by atoms with van der Waals surface area (Å²) in [5, 5.41) is 3.51. The molecule has 1 aliphatic carbocycles. The number of benzene rings is 1. The lowest BCUT2D eigenvalue weighted by molar-refractivity contribution is -0.137. The standard InChI is InChI=1S/C18H14F3NOS.ClH/c19-18(20,21)13-7-6-12-8-16(23-15(12)9-13)14-10-24-17(22-14)11-4-2-1-3-5-11;/h4,6-10H,1-3,5H2;1H/p-1. The van der Waals surface area contributed by atoms with Gasteiger partial charge in [-0.05, 0) is 49.5 Å². The molecule has 0 fully saturated rings. The van der Waals surface area contributed by atoms with Crippen LogP contribution in [0.15, 0.2) is 40.1 Å². The quantitative estimate of drug-likeness (QED) is 0.675. The van der Waals surface area contributed by atoms with Crippen LogP contribution < -0.4 is 12.4 Å². The number of hydrogen-bond donors (Lipinski definition) is 0. The van der Waals surface area contributed by atoms with Crippen LogP contribution in [0.4, 0.5) is 13.2 Å². The first-order valence-corrected chi connectivity index (χ1v) is 8.65. The predicted octanol–water partition coefficient (Wildman–Crippen LogP) is 3.54. The molecule has 0 spiro atoms. The zero-order valence-corrected chi connectivity index (χ0v) is 14.6. The Kier molecular flexibility index (Phi) is 4.93. The van der Waals surface area contributed by atoms with Gasteiger partial charge in [0.05, 0.1) is 5.56 Å². The van der Waals surface area contributed by atoms with E-state index in [1.165, 1.54) is 24.5 Å². The molecule has 0 unspecified atom stereocenters. The molecule has 3 aromatic rings. The normalized spacial score (nSPS) is 15.1. The minimum atomic E-state index is -4.37. The maximum absolute atomic E-state index is 12.8. The van der Waals surface area contributed by atoms with E-state index in [1.54, 1.807) is 17.4 Å². The van der Waals surface area contributed by atoms with Crippen LogP contribution in [0, 0.1) is 0 Å². The van der Waals surface area contributed by atoms with Gasteiger partial charge in [-0.15, -0.1) is 11.3 Å². The molecule has 0 saturated carbocycles. The highest BCUT2D eigenvalue weighted by Crippen LogP contribution is 2.36. The SMILES string of the molecule is FC(F)(F)c1ccc2cc(-c3csc(C4=CCCCC4)n3)oc2c1.[Cl-]. The van der Waals surface area contributed by atoms with Crippen molar-refractivity contribution in [2.75, 3.05) is 0 Å². The van der Waals surface area contributed by atoms with Gasteiger partial charge < -0.3 is 16.8 Å². The number of nitrogens with zero attached hydrogens (tertiary/aromatic N) is 1. The smallest absolute Gasteiger partial charge is 0.416 e. The Morgan fingerprint density at radius 1 is 1.12 bits per heavy atom. The summed E-state index contributed by atoms with van der Waals surface area (Å²) in [7, 11) is 0. The summed E-state index contributed by atoms with van der Waals surface area (Å²) in [5.74, 6) is 0.503. The van der Waals surface area contributed by atoms with Crippen molar-refractivity contribution in [1.29, 1.82) is 0 Å². The van der Waals surface area contributed by atoms with Gasteiger partial charge in [-0.1, -0.05) is 12.1 Å². The lowest BCUT2D eigenvalue weighted by Crippen LogP contribution is -3.00. The molecule has 2 aromatic heterocycles. The van der Waals surface area contributed by atoms with Crippen LogP contribution in [0.25, 0.3) is 28.0 Å². The summed E-state index contributed by atoms with van der Waals surface area (Å²) in [6.07, 6.45) is 2.35. The number of aromatic nitrogens is 1. The van der Waals surface area contributed by atoms with E-state index in [0.717, 1.165) is 30.0 Å². The number of fused-ring (bicyclic) bond motifs is 1. The number of thiazole rings is 1. The van der Waals surface area contributed by atoms with E-state index < -0.39 is 11.7 Å². The topological polar surface area (TPSA) is 26.0 Å². The van der Waals surface area contributed by atoms with E-state index in [1.807, 2.05) is 5.38 Å². The van der Waals surface area contributed by atoms with Crippen molar-refractivity contribution in [1.82, 2.24) is 4.98 Å². The summed E-state index contributed by atoms with van der Waals surface area (Å²) in [5.41, 5.74) is 1.45. The van der Waals surface area contributed by atoms with Crippen molar-refractivity contribution < 1.29 is 30.0 Å². The van der Waals surface area contributed by atoms with Crippen LogP contribution in [0.5, 0.6) is 0 Å². The van der Waals surface area contributed by atoms with E-state index in [4.69, 9.17) is 4.42 Å². The zero-order valence-electron chi connectivity index (χ0n) is 13.1. The van der Waals surface area contributed by atoms with Gasteiger partial charge in [-0.3, -0.25) is 0 Å². The van der Waals surface area contributed by atoms with E-state index in [9.17, 15) is 13.2 Å². The molecule has 2 nitrogen and oxygen atoms in total. The lowest BCUT2D eigenvalue weighted by atomic mass is 10.0. The van der Waals surface area contributed by atoms with Crippen molar-refractivity contribution in [3.05, 3.63) is 46.3 Å². The van der Waals surface area contributed by atoms with Crippen molar-refractivity contribution >= 4 is 27.9 Å². The highest BCUT2D eigenvalue weighted by atomic mass is 35.5. The maximum atomic E-state index is 12.8. The van der Waals surface area contributed by atoms with Gasteiger partial charge in [-0.2, -0.15) is 13.2 Å². The lowest BCUT2D eigenvalue weighted by Gasteiger charge is -2.09. The molecule has 4 rings (SSSR count). The number of allylic oxidation sites excluding steroid dienone is 2. The van der Waals surface area contributed by atoms with E-state index in [-0.39, 0.29) is 18.0 Å². The number of furan rings is 1. The van der Waals surface area contributed by atoms with Gasteiger partial charge in [0, 0.05) is 10.8 Å². The zero-order chi connectivity index (χ0) is 16.7. The van der Waals surface area contributed by atoms with Crippen LogP contribution in [-0.4, -0.2) is 4.98 Å². The molecule has 0 saturated heterocycles. The van der Waals surface area contributed by atoms with Gasteiger partial charge in [-0.25, -0.2) is 4.98 Å². The number of rotatable bonds is 2. The highest BCUT2D eigenvalue weighted by Gasteiger charge is 2.31. The molecule has 2 heterocycles. The average molecular weight is 385 g/mol. The molecule has 0 amide bonds. The molecule has 0 bridgehead atoms. The largest absolute Gasteiger partial charge is 1.00 e. The minimum absolute atomic E-state index is 0. The molecular formula is C18H14ClF3NOS-. The Hall–Kier alpha value is -1.79. The van der Waals surface area contributed by atoms with Crippen LogP contribution >= 0.6 is 11.3 Å². The first-order valence-electron chi connectivity index (χ1n) is 7.77. The monoisotopic (exact) mass is 384 g/mol. The second-order valence-corrected chi connectivity index (χ2v) is 6.73. The third-order valence-corrected chi connectivity index (χ3v) is 5.09. The molecule has 7 heteroatoms. The molecule has 132 valence electrons. The maximum Gasteiger partial charge on any atom is 0.416 e. The van der Waals surface area contributed by atoms with E-state index in [2.05, 4.69) is 11.1 Å². The van der Waals surface area contributed by atoms with Crippen LogP contribution in [0.2, 0.25) is 0 Å². The number of halogens is 4. The molecule has 25 heavy (non-hydrogen) atoms. The molecule has 1 aliphatic rings. The fourth-order valence-electron chi connectivity index (χ4n) is 2.90. The van der Waals surface area contributed by atoms with Gasteiger partial charge in [0.1, 0.15) is 16.3 Å². The summed E-state index contributed by atoms with van der Waals surface area (Å²) >= 11 is 1.55. The number of hydrogen-bond acceptors (Lipinski definition) is 3. The summed E-state index contributed by atoms with van der Waals surface area (Å²) in [6, 6.07) is 5.28. The van der Waals surface area contributed by atoms with Crippen molar-refractivity contribution in [3.63, 3.8) is 0 Å². The van der Waals surface area contributed by atoms with Gasteiger partial charge >= 0.3 is 6.18 Å². The Labute approximate surface area is 152 Å². The van der Waals surface area contributed by atoms with Gasteiger partial charge in [0.25, 0.3) is 0 Å². The second-order valence-electron chi connectivity index (χ2n) is 5.87. The minimum Gasteiger partial charge on any atom is -1.00 e. The molecule has 0 atom stereocenters. The fourth-order valence-corrected chi connectivity index (χ4v) is 3.78. The average Bonchev–Trinajstić information content (AvgIpc) is 3.21. The van der Waals surface area contributed by atoms with Crippen molar-refractivity contribution in [2.45, 2.75) is 31.9 Å². The first kappa shape index (κ1) is 18.0. The Balaban J connectivity index is 0.00000182. The van der Waals surface area contributed by atoms with E-state index in [0.29, 0.717) is 16.8 Å². The molecule has 0 N–H and O–H groups in total. The van der Waals surface area contributed by atoms with Crippen LogP contribution in [0.1, 0.15) is 36.3 Å². The molecule has 1 aromatic carbocycles. The Morgan fingerprint density at radius 2 is 1.96 bits per heavy atom. The number of alkyl halides is 3. The van der Waals surface area contributed by atoms with Crippen molar-refractivity contribution in [2.24, 2.45) is 0 Å². The second kappa shape index (κ2) is 6.84. The molecular weight excluding hydrogens is 371 g/mol.